The molecule has 0 aliphatic rings. The van der Waals surface area contributed by atoms with Gasteiger partial charge in [-0.2, -0.15) is 0 Å². The van der Waals surface area contributed by atoms with Gasteiger partial charge in [0, 0.05) is 12.7 Å². The lowest BCUT2D eigenvalue weighted by Crippen LogP contribution is -2.35. The van der Waals surface area contributed by atoms with Gasteiger partial charge in [0.15, 0.2) is 5.82 Å². The summed E-state index contributed by atoms with van der Waals surface area (Å²) in [6.07, 6.45) is 1.66. The van der Waals surface area contributed by atoms with Crippen molar-refractivity contribution in [2.24, 2.45) is 5.73 Å². The first-order valence-electron chi connectivity index (χ1n) is 3.74. The highest BCUT2D eigenvalue weighted by atomic mass is 16.2. The molecule has 0 spiro atoms. The SMILES string of the molecule is CCN(C(N)=O)c1c[nH]c(C)n1. The maximum absolute atomic E-state index is 10.8. The van der Waals surface area contributed by atoms with Gasteiger partial charge in [0.1, 0.15) is 5.82 Å². The number of amides is 2. The number of carbonyl (C=O) groups excluding carboxylic acids is 1. The summed E-state index contributed by atoms with van der Waals surface area (Å²) in [7, 11) is 0. The average Bonchev–Trinajstić information content (AvgIpc) is 2.37. The smallest absolute Gasteiger partial charge is 0.320 e. The highest BCUT2D eigenvalue weighted by Crippen LogP contribution is 2.08. The third-order valence-electron chi connectivity index (χ3n) is 1.55. The molecule has 0 saturated carbocycles. The standard InChI is InChI=1S/C7H12N4O/c1-3-11(7(8)12)6-4-9-5(2)10-6/h4H,3H2,1-2H3,(H2,8,12)(H,9,10). The van der Waals surface area contributed by atoms with Crippen LogP contribution in [0.25, 0.3) is 0 Å². The zero-order chi connectivity index (χ0) is 9.14. The van der Waals surface area contributed by atoms with E-state index in [1.54, 1.807) is 6.20 Å². The Morgan fingerprint density at radius 3 is 2.83 bits per heavy atom. The lowest BCUT2D eigenvalue weighted by atomic mass is 10.5. The van der Waals surface area contributed by atoms with E-state index < -0.39 is 6.03 Å². The summed E-state index contributed by atoms with van der Waals surface area (Å²) in [5, 5.41) is 0. The van der Waals surface area contributed by atoms with Crippen molar-refractivity contribution in [3.05, 3.63) is 12.0 Å². The van der Waals surface area contributed by atoms with E-state index >= 15 is 0 Å². The van der Waals surface area contributed by atoms with Gasteiger partial charge in [0.2, 0.25) is 0 Å². The van der Waals surface area contributed by atoms with Crippen LogP contribution in [-0.4, -0.2) is 22.5 Å². The Balaban J connectivity index is 2.87. The molecule has 12 heavy (non-hydrogen) atoms. The molecule has 5 heteroatoms. The van der Waals surface area contributed by atoms with Gasteiger partial charge >= 0.3 is 6.03 Å². The second kappa shape index (κ2) is 3.25. The average molecular weight is 168 g/mol. The fourth-order valence-electron chi connectivity index (χ4n) is 0.974. The molecule has 1 heterocycles. The molecule has 1 aromatic rings. The third-order valence-corrected chi connectivity index (χ3v) is 1.55. The summed E-state index contributed by atoms with van der Waals surface area (Å²) in [5.41, 5.74) is 5.12. The number of imidazole rings is 1. The highest BCUT2D eigenvalue weighted by molar-refractivity contribution is 5.89. The molecule has 2 amide bonds. The van der Waals surface area contributed by atoms with Crippen molar-refractivity contribution in [1.82, 2.24) is 9.97 Å². The number of nitrogens with one attached hydrogen (secondary N) is 1. The van der Waals surface area contributed by atoms with Crippen LogP contribution in [0.1, 0.15) is 12.7 Å². The molecule has 5 nitrogen and oxygen atoms in total. The third kappa shape index (κ3) is 1.55. The number of nitrogens with zero attached hydrogens (tertiary/aromatic N) is 2. The van der Waals surface area contributed by atoms with Gasteiger partial charge in [-0.15, -0.1) is 0 Å². The number of urea groups is 1. The summed E-state index contributed by atoms with van der Waals surface area (Å²) in [6, 6.07) is -0.482. The van der Waals surface area contributed by atoms with Crippen LogP contribution >= 0.6 is 0 Å². The van der Waals surface area contributed by atoms with E-state index in [1.807, 2.05) is 13.8 Å². The van der Waals surface area contributed by atoms with E-state index in [9.17, 15) is 4.79 Å². The van der Waals surface area contributed by atoms with Crippen LogP contribution in [0.15, 0.2) is 6.20 Å². The number of carbonyl (C=O) groups is 1. The Labute approximate surface area is 70.6 Å². The first-order valence-corrected chi connectivity index (χ1v) is 3.74. The number of hydrogen-bond acceptors (Lipinski definition) is 2. The van der Waals surface area contributed by atoms with Gasteiger partial charge in [0.25, 0.3) is 0 Å². The minimum atomic E-state index is -0.482. The Kier molecular flexibility index (Phi) is 2.32. The summed E-state index contributed by atoms with van der Waals surface area (Å²) in [4.78, 5) is 19.2. The van der Waals surface area contributed by atoms with Crippen molar-refractivity contribution in [2.75, 3.05) is 11.4 Å². The number of nitrogens with two attached hydrogens (primary N) is 1. The molecule has 0 unspecified atom stereocenters. The molecule has 0 saturated heterocycles. The van der Waals surface area contributed by atoms with Crippen molar-refractivity contribution >= 4 is 11.8 Å². The maximum Gasteiger partial charge on any atom is 0.320 e. The lowest BCUT2D eigenvalue weighted by molar-refractivity contribution is 0.254. The molecule has 0 fully saturated rings. The summed E-state index contributed by atoms with van der Waals surface area (Å²) in [6.45, 7) is 4.19. The number of rotatable bonds is 2. The van der Waals surface area contributed by atoms with Gasteiger partial charge in [-0.05, 0) is 13.8 Å². The van der Waals surface area contributed by atoms with E-state index in [4.69, 9.17) is 5.73 Å². The topological polar surface area (TPSA) is 75.0 Å². The van der Waals surface area contributed by atoms with Gasteiger partial charge in [-0.25, -0.2) is 9.78 Å². The molecule has 0 aliphatic carbocycles. The van der Waals surface area contributed by atoms with Crippen LogP contribution < -0.4 is 10.6 Å². The fraction of sp³-hybridized carbons (Fsp3) is 0.429. The van der Waals surface area contributed by atoms with Gasteiger partial charge in [0.05, 0.1) is 0 Å². The monoisotopic (exact) mass is 168 g/mol. The van der Waals surface area contributed by atoms with E-state index in [1.165, 1.54) is 4.90 Å². The molecule has 66 valence electrons. The van der Waals surface area contributed by atoms with Gasteiger partial charge < -0.3 is 10.7 Å². The predicted octanol–water partition coefficient (Wildman–Crippen LogP) is 0.623. The number of primary amides is 1. The quantitative estimate of drug-likeness (QED) is 0.679. The van der Waals surface area contributed by atoms with Crippen molar-refractivity contribution < 1.29 is 4.79 Å². The molecule has 1 rings (SSSR count). The molecule has 0 atom stereocenters. The van der Waals surface area contributed by atoms with Crippen LogP contribution in [0.2, 0.25) is 0 Å². The van der Waals surface area contributed by atoms with E-state index in [0.29, 0.717) is 12.4 Å². The Morgan fingerprint density at radius 2 is 2.50 bits per heavy atom. The molecule has 0 bridgehead atoms. The van der Waals surface area contributed by atoms with Crippen LogP contribution in [0.5, 0.6) is 0 Å². The largest absolute Gasteiger partial charge is 0.351 e. The molecule has 1 aromatic heterocycles. The van der Waals surface area contributed by atoms with Crippen LogP contribution in [0.4, 0.5) is 10.6 Å². The molecule has 0 aliphatic heterocycles. The second-order valence-electron chi connectivity index (χ2n) is 2.43. The second-order valence-corrected chi connectivity index (χ2v) is 2.43. The molecule has 3 N–H and O–H groups in total. The van der Waals surface area contributed by atoms with Crippen molar-refractivity contribution in [3.63, 3.8) is 0 Å². The Bertz CT molecular complexity index is 281. The summed E-state index contributed by atoms with van der Waals surface area (Å²) in [5.74, 6) is 1.34. The number of aryl methyl sites for hydroxylation is 1. The number of H-pyrrole nitrogens is 1. The van der Waals surface area contributed by atoms with Crippen LogP contribution in [0.3, 0.4) is 0 Å². The summed E-state index contributed by atoms with van der Waals surface area (Å²) >= 11 is 0. The Morgan fingerprint density at radius 1 is 1.83 bits per heavy atom. The zero-order valence-corrected chi connectivity index (χ0v) is 7.16. The minimum Gasteiger partial charge on any atom is -0.351 e. The van der Waals surface area contributed by atoms with Gasteiger partial charge in [-0.3, -0.25) is 4.90 Å². The minimum absolute atomic E-state index is 0.482. The van der Waals surface area contributed by atoms with Crippen molar-refractivity contribution in [2.45, 2.75) is 13.8 Å². The molecule has 0 aromatic carbocycles. The molecular weight excluding hydrogens is 156 g/mol. The lowest BCUT2D eigenvalue weighted by Gasteiger charge is -2.13. The van der Waals surface area contributed by atoms with Crippen molar-refractivity contribution in [1.29, 1.82) is 0 Å². The number of anilines is 1. The van der Waals surface area contributed by atoms with Crippen LogP contribution in [-0.2, 0) is 0 Å². The van der Waals surface area contributed by atoms with Crippen LogP contribution in [0, 0.1) is 6.92 Å². The Hall–Kier alpha value is -1.52. The normalized spacial score (nSPS) is 9.83. The fourth-order valence-corrected chi connectivity index (χ4v) is 0.974. The molecular formula is C7H12N4O. The van der Waals surface area contributed by atoms with E-state index in [-0.39, 0.29) is 0 Å². The van der Waals surface area contributed by atoms with Crippen molar-refractivity contribution in [3.8, 4) is 0 Å². The first kappa shape index (κ1) is 8.58. The number of aromatic nitrogens is 2. The molecule has 0 radical (unpaired) electrons. The van der Waals surface area contributed by atoms with E-state index in [0.717, 1.165) is 5.82 Å². The zero-order valence-electron chi connectivity index (χ0n) is 7.16. The first-order chi connectivity index (χ1) is 5.65. The van der Waals surface area contributed by atoms with E-state index in [2.05, 4.69) is 9.97 Å². The predicted molar refractivity (Wildman–Crippen MR) is 45.9 cm³/mol. The maximum atomic E-state index is 10.8. The van der Waals surface area contributed by atoms with Gasteiger partial charge in [-0.1, -0.05) is 0 Å². The number of aromatic amines is 1. The number of hydrogen-bond donors (Lipinski definition) is 2. The summed E-state index contributed by atoms with van der Waals surface area (Å²) < 4.78 is 0. The highest BCUT2D eigenvalue weighted by Gasteiger charge is 2.11.